The minimum absolute atomic E-state index is 0. The van der Waals surface area contributed by atoms with E-state index >= 15 is 0 Å². The quantitative estimate of drug-likeness (QED) is 0.313. The molecule has 3 rings (SSSR count). The van der Waals surface area contributed by atoms with Crippen molar-refractivity contribution in [2.24, 2.45) is 10.9 Å². The smallest absolute Gasteiger partial charge is 0.191 e. The van der Waals surface area contributed by atoms with Crippen molar-refractivity contribution in [3.63, 3.8) is 0 Å². The maximum Gasteiger partial charge on any atom is 0.191 e. The molecule has 0 aliphatic carbocycles. The number of likely N-dealkylation sites (tertiary alicyclic amines) is 1. The first-order valence-electron chi connectivity index (χ1n) is 10.4. The van der Waals surface area contributed by atoms with Crippen LogP contribution in [0, 0.1) is 5.92 Å². The van der Waals surface area contributed by atoms with Crippen molar-refractivity contribution in [2.75, 3.05) is 65.6 Å². The van der Waals surface area contributed by atoms with Gasteiger partial charge in [0.2, 0.25) is 0 Å². The van der Waals surface area contributed by atoms with Gasteiger partial charge in [0.05, 0.1) is 13.2 Å². The lowest BCUT2D eigenvalue weighted by Gasteiger charge is -2.31. The third kappa shape index (κ3) is 8.52. The van der Waals surface area contributed by atoms with Gasteiger partial charge in [-0.05, 0) is 50.2 Å². The van der Waals surface area contributed by atoms with Crippen LogP contribution in [0.25, 0.3) is 0 Å². The Morgan fingerprint density at radius 3 is 2.64 bits per heavy atom. The molecule has 1 aromatic heterocycles. The fourth-order valence-electron chi connectivity index (χ4n) is 3.67. The monoisotopic (exact) mass is 521 g/mol. The maximum atomic E-state index is 5.41. The first kappa shape index (κ1) is 23.9. The summed E-state index contributed by atoms with van der Waals surface area (Å²) in [7, 11) is 0. The number of hydrogen-bond acceptors (Lipinski definition) is 5. The molecule has 2 N–H and O–H groups in total. The second-order valence-electron chi connectivity index (χ2n) is 7.40. The summed E-state index contributed by atoms with van der Waals surface area (Å²) in [5, 5.41) is 9.05. The number of piperidine rings is 1. The second kappa shape index (κ2) is 13.7. The lowest BCUT2D eigenvalue weighted by atomic mass is 9.97. The van der Waals surface area contributed by atoms with E-state index in [0.717, 1.165) is 65.0 Å². The molecule has 2 aliphatic heterocycles. The first-order chi connectivity index (χ1) is 13.3. The third-order valence-electron chi connectivity index (χ3n) is 5.34. The van der Waals surface area contributed by atoms with Gasteiger partial charge in [-0.1, -0.05) is 6.07 Å². The molecule has 1 aromatic rings. The number of nitrogens with one attached hydrogen (secondary N) is 2. The molecule has 0 aromatic carbocycles. The molecule has 28 heavy (non-hydrogen) atoms. The Hall–Kier alpha value is -0.420. The number of halogens is 1. The van der Waals surface area contributed by atoms with Gasteiger partial charge >= 0.3 is 0 Å². The molecule has 2 saturated heterocycles. The van der Waals surface area contributed by atoms with Crippen LogP contribution in [-0.2, 0) is 11.3 Å². The van der Waals surface area contributed by atoms with Gasteiger partial charge < -0.3 is 15.4 Å². The van der Waals surface area contributed by atoms with E-state index in [0.29, 0.717) is 5.92 Å². The van der Waals surface area contributed by atoms with Crippen molar-refractivity contribution in [3.05, 3.63) is 22.4 Å². The van der Waals surface area contributed by atoms with Crippen LogP contribution in [-0.4, -0.2) is 81.3 Å². The number of hydrogen-bond donors (Lipinski definition) is 2. The average molecular weight is 522 g/mol. The van der Waals surface area contributed by atoms with Crippen LogP contribution in [0.1, 0.15) is 24.6 Å². The van der Waals surface area contributed by atoms with Gasteiger partial charge in [0.25, 0.3) is 0 Å². The van der Waals surface area contributed by atoms with Gasteiger partial charge in [0.1, 0.15) is 0 Å². The second-order valence-corrected chi connectivity index (χ2v) is 8.43. The zero-order valence-electron chi connectivity index (χ0n) is 17.1. The Balaban J connectivity index is 0.00000280. The number of nitrogens with zero attached hydrogens (tertiary/aromatic N) is 3. The molecule has 0 atom stereocenters. The highest BCUT2D eigenvalue weighted by Gasteiger charge is 2.19. The summed E-state index contributed by atoms with van der Waals surface area (Å²) in [6, 6.07) is 4.39. The summed E-state index contributed by atoms with van der Waals surface area (Å²) in [4.78, 5) is 11.4. The molecule has 0 radical (unpaired) electrons. The van der Waals surface area contributed by atoms with Crippen LogP contribution < -0.4 is 10.6 Å². The van der Waals surface area contributed by atoms with Crippen molar-refractivity contribution < 1.29 is 4.74 Å². The molecular formula is C20H36IN5OS. The highest BCUT2D eigenvalue weighted by atomic mass is 127. The minimum Gasteiger partial charge on any atom is -0.379 e. The van der Waals surface area contributed by atoms with E-state index in [1.54, 1.807) is 0 Å². The first-order valence-corrected chi connectivity index (χ1v) is 11.3. The van der Waals surface area contributed by atoms with Gasteiger partial charge in [-0.15, -0.1) is 35.3 Å². The largest absolute Gasteiger partial charge is 0.379 e. The van der Waals surface area contributed by atoms with E-state index in [-0.39, 0.29) is 24.0 Å². The molecule has 6 nitrogen and oxygen atoms in total. The molecule has 2 fully saturated rings. The molecule has 8 heteroatoms. The van der Waals surface area contributed by atoms with Crippen molar-refractivity contribution in [1.29, 1.82) is 0 Å². The lowest BCUT2D eigenvalue weighted by Crippen LogP contribution is -2.44. The number of morpholine rings is 1. The summed E-state index contributed by atoms with van der Waals surface area (Å²) in [6.07, 6.45) is 2.50. The molecule has 0 unspecified atom stereocenters. The summed E-state index contributed by atoms with van der Waals surface area (Å²) in [5.74, 6) is 1.67. The lowest BCUT2D eigenvalue weighted by molar-refractivity contribution is 0.0389. The zero-order valence-corrected chi connectivity index (χ0v) is 20.2. The highest BCUT2D eigenvalue weighted by Crippen LogP contribution is 2.20. The fourth-order valence-corrected chi connectivity index (χ4v) is 4.42. The van der Waals surface area contributed by atoms with Crippen molar-refractivity contribution in [3.8, 4) is 0 Å². The van der Waals surface area contributed by atoms with Gasteiger partial charge in [-0.3, -0.25) is 14.8 Å². The molecule has 3 heterocycles. The van der Waals surface area contributed by atoms with E-state index in [1.807, 2.05) is 11.3 Å². The number of rotatable bonds is 8. The van der Waals surface area contributed by atoms with E-state index in [1.165, 1.54) is 30.8 Å². The Morgan fingerprint density at radius 1 is 1.18 bits per heavy atom. The minimum atomic E-state index is 0. The van der Waals surface area contributed by atoms with Crippen LogP contribution in [0.15, 0.2) is 22.5 Å². The van der Waals surface area contributed by atoms with Crippen LogP contribution in [0.5, 0.6) is 0 Å². The summed E-state index contributed by atoms with van der Waals surface area (Å²) in [5.41, 5.74) is 0. The predicted molar refractivity (Wildman–Crippen MR) is 129 cm³/mol. The normalized spacial score (nSPS) is 20.0. The Bertz CT molecular complexity index is 543. The van der Waals surface area contributed by atoms with Crippen LogP contribution in [0.4, 0.5) is 0 Å². The molecule has 0 saturated carbocycles. The van der Waals surface area contributed by atoms with E-state index < -0.39 is 0 Å². The summed E-state index contributed by atoms with van der Waals surface area (Å²) in [6.45, 7) is 13.2. The van der Waals surface area contributed by atoms with E-state index in [2.05, 4.69) is 44.9 Å². The molecule has 0 amide bonds. The number of aliphatic imine (C=N–C) groups is 1. The number of thiophene rings is 1. The Morgan fingerprint density at radius 2 is 1.96 bits per heavy atom. The summed E-state index contributed by atoms with van der Waals surface area (Å²) < 4.78 is 5.41. The fraction of sp³-hybridized carbons (Fsp3) is 0.750. The van der Waals surface area contributed by atoms with Gasteiger partial charge in [0.15, 0.2) is 5.96 Å². The molecule has 0 spiro atoms. The van der Waals surface area contributed by atoms with Crippen molar-refractivity contribution >= 4 is 41.3 Å². The van der Waals surface area contributed by atoms with Crippen molar-refractivity contribution in [2.45, 2.75) is 26.3 Å². The van der Waals surface area contributed by atoms with E-state index in [9.17, 15) is 0 Å². The predicted octanol–water partition coefficient (Wildman–Crippen LogP) is 2.47. The van der Waals surface area contributed by atoms with Crippen LogP contribution in [0.3, 0.4) is 0 Å². The van der Waals surface area contributed by atoms with Crippen molar-refractivity contribution in [1.82, 2.24) is 20.4 Å². The maximum absolute atomic E-state index is 5.41. The van der Waals surface area contributed by atoms with Gasteiger partial charge in [0, 0.05) is 50.7 Å². The van der Waals surface area contributed by atoms with Gasteiger partial charge in [-0.2, -0.15) is 0 Å². The Kier molecular flexibility index (Phi) is 11.7. The highest BCUT2D eigenvalue weighted by molar-refractivity contribution is 14.0. The summed E-state index contributed by atoms with van der Waals surface area (Å²) >= 11 is 1.86. The van der Waals surface area contributed by atoms with Crippen LogP contribution in [0.2, 0.25) is 0 Å². The zero-order chi connectivity index (χ0) is 18.7. The molecule has 2 aliphatic rings. The standard InChI is InChI=1S/C20H35N5OS.HI/c1-2-21-20(22-7-10-24-11-13-26-14-12-24)23-16-18-5-8-25(9-6-18)17-19-4-3-15-27-19;/h3-4,15,18H,2,5-14,16-17H2,1H3,(H2,21,22,23);1H. The average Bonchev–Trinajstić information content (AvgIpc) is 3.21. The van der Waals surface area contributed by atoms with E-state index in [4.69, 9.17) is 9.73 Å². The van der Waals surface area contributed by atoms with Gasteiger partial charge in [-0.25, -0.2) is 0 Å². The molecule has 160 valence electrons. The SMILES string of the molecule is CCNC(=NCC1CCN(Cc2cccs2)CC1)NCCN1CCOCC1.I. The molecular weight excluding hydrogens is 485 g/mol. The van der Waals surface area contributed by atoms with Crippen LogP contribution >= 0.6 is 35.3 Å². The Labute approximate surface area is 191 Å². The number of guanidine groups is 1. The number of ether oxygens (including phenoxy) is 1. The third-order valence-corrected chi connectivity index (χ3v) is 6.20. The topological polar surface area (TPSA) is 52.1 Å². The molecule has 0 bridgehead atoms.